The van der Waals surface area contributed by atoms with E-state index in [9.17, 15) is 9.90 Å². The lowest BCUT2D eigenvalue weighted by molar-refractivity contribution is -0.467. The highest BCUT2D eigenvalue weighted by Gasteiger charge is 2.69. The number of piperidine rings is 1. The first-order chi connectivity index (χ1) is 10.9. The van der Waals surface area contributed by atoms with Gasteiger partial charge in [0.2, 0.25) is 5.91 Å². The summed E-state index contributed by atoms with van der Waals surface area (Å²) in [5.74, 6) is 1.40. The van der Waals surface area contributed by atoms with Crippen molar-refractivity contribution in [2.45, 2.75) is 70.1 Å². The molecule has 2 aliphatic carbocycles. The molecule has 7 atom stereocenters. The van der Waals surface area contributed by atoms with Crippen LogP contribution in [-0.4, -0.2) is 46.3 Å². The largest absolute Gasteiger partial charge is 0.395 e. The number of β-amino-alcohol motifs (C(OH)–C–C–N with tert-alkyl or cyclic N) is 1. The average Bonchev–Trinajstić information content (AvgIpc) is 2.76. The Bertz CT molecular complexity index is 511. The van der Waals surface area contributed by atoms with E-state index in [1.54, 1.807) is 0 Å². The van der Waals surface area contributed by atoms with Crippen LogP contribution in [0.4, 0.5) is 0 Å². The Hall–Kier alpha value is -0.650. The van der Waals surface area contributed by atoms with Crippen molar-refractivity contribution in [2.24, 2.45) is 23.7 Å². The zero-order chi connectivity index (χ0) is 16.4. The molecule has 0 aromatic carbocycles. The number of carbonyl (C=O) groups excluding carboxylic acids is 1. The molecule has 3 heterocycles. The summed E-state index contributed by atoms with van der Waals surface area (Å²) in [7, 11) is 0. The van der Waals surface area contributed by atoms with Crippen LogP contribution in [0.5, 0.6) is 0 Å². The third kappa shape index (κ3) is 1.99. The number of amides is 1. The summed E-state index contributed by atoms with van der Waals surface area (Å²) in [6.07, 6.45) is 5.13. The summed E-state index contributed by atoms with van der Waals surface area (Å²) in [5, 5.41) is 9.50. The molecule has 5 fully saturated rings. The quantitative estimate of drug-likeness (QED) is 0.791. The second kappa shape index (κ2) is 5.17. The van der Waals surface area contributed by atoms with Gasteiger partial charge in [-0.05, 0) is 44.4 Å². The fraction of sp³-hybridized carbons (Fsp3) is 0.944. The first-order valence-corrected chi connectivity index (χ1v) is 9.21. The highest BCUT2D eigenvalue weighted by atomic mass is 17.2. The molecule has 5 rings (SSSR count). The van der Waals surface area contributed by atoms with Gasteiger partial charge in [0.15, 0.2) is 0 Å². The van der Waals surface area contributed by atoms with Crippen LogP contribution in [0.15, 0.2) is 0 Å². The van der Waals surface area contributed by atoms with Gasteiger partial charge >= 0.3 is 0 Å². The molecule has 0 aromatic rings. The maximum absolute atomic E-state index is 13.0. The van der Waals surface area contributed by atoms with E-state index in [4.69, 9.17) is 9.78 Å². The predicted molar refractivity (Wildman–Crippen MR) is 84.3 cm³/mol. The van der Waals surface area contributed by atoms with E-state index in [1.165, 1.54) is 6.42 Å². The van der Waals surface area contributed by atoms with Gasteiger partial charge in [0.25, 0.3) is 0 Å². The maximum atomic E-state index is 13.0. The van der Waals surface area contributed by atoms with Crippen LogP contribution >= 0.6 is 0 Å². The van der Waals surface area contributed by atoms with Gasteiger partial charge in [-0.3, -0.25) is 4.79 Å². The average molecular weight is 323 g/mol. The zero-order valence-electron chi connectivity index (χ0n) is 14.5. The molecule has 3 aliphatic heterocycles. The van der Waals surface area contributed by atoms with E-state index >= 15 is 0 Å². The number of nitrogens with zero attached hydrogens (tertiary/aromatic N) is 1. The van der Waals surface area contributed by atoms with Gasteiger partial charge in [0.05, 0.1) is 12.6 Å². The molecule has 1 spiro atoms. The molecule has 130 valence electrons. The predicted octanol–water partition coefficient (Wildman–Crippen LogP) is 2.13. The fourth-order valence-corrected chi connectivity index (χ4v) is 6.11. The molecular weight excluding hydrogens is 294 g/mol. The Kier molecular flexibility index (Phi) is 3.56. The fourth-order valence-electron chi connectivity index (χ4n) is 6.11. The Morgan fingerprint density at radius 3 is 2.74 bits per heavy atom. The summed E-state index contributed by atoms with van der Waals surface area (Å²) < 4.78 is 0. The summed E-state index contributed by atoms with van der Waals surface area (Å²) in [4.78, 5) is 27.1. The third-order valence-electron chi connectivity index (χ3n) is 7.29. The van der Waals surface area contributed by atoms with E-state index in [0.29, 0.717) is 18.4 Å². The van der Waals surface area contributed by atoms with Crippen molar-refractivity contribution in [1.29, 1.82) is 0 Å². The second-order valence-electron chi connectivity index (χ2n) is 8.54. The molecule has 0 aromatic heterocycles. The number of aliphatic hydroxyl groups is 1. The van der Waals surface area contributed by atoms with Crippen molar-refractivity contribution < 1.29 is 19.7 Å². The van der Waals surface area contributed by atoms with Crippen molar-refractivity contribution in [3.8, 4) is 0 Å². The number of rotatable bonds is 2. The van der Waals surface area contributed by atoms with Crippen LogP contribution < -0.4 is 0 Å². The van der Waals surface area contributed by atoms with Gasteiger partial charge in [-0.2, -0.15) is 0 Å². The lowest BCUT2D eigenvalue weighted by Gasteiger charge is -2.62. The number of carbonyl (C=O) groups is 1. The van der Waals surface area contributed by atoms with Gasteiger partial charge in [-0.25, -0.2) is 9.78 Å². The minimum atomic E-state index is -0.379. The van der Waals surface area contributed by atoms with Crippen LogP contribution in [0.3, 0.4) is 0 Å². The first kappa shape index (κ1) is 15.9. The molecule has 1 amide bonds. The third-order valence-corrected chi connectivity index (χ3v) is 7.29. The lowest BCUT2D eigenvalue weighted by atomic mass is 9.55. The summed E-state index contributed by atoms with van der Waals surface area (Å²) in [5.41, 5.74) is -0.692. The van der Waals surface area contributed by atoms with Crippen molar-refractivity contribution in [2.75, 3.05) is 13.2 Å². The monoisotopic (exact) mass is 323 g/mol. The Labute approximate surface area is 138 Å². The number of hydrogen-bond acceptors (Lipinski definition) is 4. The van der Waals surface area contributed by atoms with E-state index in [-0.39, 0.29) is 41.6 Å². The van der Waals surface area contributed by atoms with Gasteiger partial charge in [0, 0.05) is 24.8 Å². The van der Waals surface area contributed by atoms with Crippen LogP contribution in [0, 0.1) is 23.7 Å². The number of aliphatic hydroxyl groups excluding tert-OH is 1. The molecule has 5 aliphatic rings. The van der Waals surface area contributed by atoms with Crippen LogP contribution in [0.1, 0.15) is 52.9 Å². The molecule has 2 bridgehead atoms. The molecule has 5 heteroatoms. The lowest BCUT2D eigenvalue weighted by Crippen LogP contribution is -2.74. The molecule has 5 nitrogen and oxygen atoms in total. The summed E-state index contributed by atoms with van der Waals surface area (Å²) in [6, 6.07) is 0.0392. The Morgan fingerprint density at radius 1 is 1.22 bits per heavy atom. The van der Waals surface area contributed by atoms with Gasteiger partial charge < -0.3 is 10.0 Å². The minimum absolute atomic E-state index is 0.00744. The zero-order valence-corrected chi connectivity index (χ0v) is 14.5. The van der Waals surface area contributed by atoms with E-state index < -0.39 is 0 Å². The molecule has 4 unspecified atom stereocenters. The molecule has 0 radical (unpaired) electrons. The van der Waals surface area contributed by atoms with Crippen molar-refractivity contribution in [3.05, 3.63) is 0 Å². The molecule has 1 N–H and O–H groups in total. The van der Waals surface area contributed by atoms with Crippen molar-refractivity contribution >= 4 is 5.91 Å². The standard InChI is InChI=1S/C18H29NO4/c1-11-4-5-14-12(2)16(21)19(8-9-20)15-10-17(3)7-6-13(11)18(14,15)23-22-17/h11-15,20H,4-10H2,1-3H3/t11-,12?,13?,14?,15?,17+,18-/m1/s1. The number of likely N-dealkylation sites (tertiary alicyclic amines) is 1. The van der Waals surface area contributed by atoms with Crippen LogP contribution in [-0.2, 0) is 14.6 Å². The molecular formula is C18H29NO4. The Balaban J connectivity index is 1.85. The Morgan fingerprint density at radius 2 is 2.00 bits per heavy atom. The van der Waals surface area contributed by atoms with Crippen molar-refractivity contribution in [3.63, 3.8) is 0 Å². The van der Waals surface area contributed by atoms with E-state index in [2.05, 4.69) is 13.8 Å². The molecule has 23 heavy (non-hydrogen) atoms. The first-order valence-electron chi connectivity index (χ1n) is 9.21. The van der Waals surface area contributed by atoms with Gasteiger partial charge in [0.1, 0.15) is 11.2 Å². The van der Waals surface area contributed by atoms with Crippen LogP contribution in [0.2, 0.25) is 0 Å². The topological polar surface area (TPSA) is 59.0 Å². The van der Waals surface area contributed by atoms with Gasteiger partial charge in [-0.15, -0.1) is 0 Å². The highest BCUT2D eigenvalue weighted by Crippen LogP contribution is 2.61. The van der Waals surface area contributed by atoms with Crippen LogP contribution in [0.25, 0.3) is 0 Å². The summed E-state index contributed by atoms with van der Waals surface area (Å²) >= 11 is 0. The number of fused-ring (bicyclic) bond motifs is 2. The molecule has 2 saturated carbocycles. The van der Waals surface area contributed by atoms with Gasteiger partial charge in [-0.1, -0.05) is 13.8 Å². The second-order valence-corrected chi connectivity index (χ2v) is 8.54. The molecule has 3 saturated heterocycles. The summed E-state index contributed by atoms with van der Waals surface area (Å²) in [6.45, 7) is 6.89. The maximum Gasteiger partial charge on any atom is 0.226 e. The SMILES string of the molecule is CC1C(=O)N(CCO)C2C[C@]3(C)CCC4[C@H](C)CCC1[C@]42OO3. The van der Waals surface area contributed by atoms with E-state index in [1.807, 2.05) is 11.8 Å². The normalized spacial score (nSPS) is 52.3. The van der Waals surface area contributed by atoms with E-state index in [0.717, 1.165) is 25.7 Å². The number of hydrogen-bond donors (Lipinski definition) is 1. The smallest absolute Gasteiger partial charge is 0.226 e. The highest BCUT2D eigenvalue weighted by molar-refractivity contribution is 5.81. The van der Waals surface area contributed by atoms with Crippen molar-refractivity contribution in [1.82, 2.24) is 4.90 Å². The minimum Gasteiger partial charge on any atom is -0.395 e.